The first-order valence-electron chi connectivity index (χ1n) is 5.71. The predicted octanol–water partition coefficient (Wildman–Crippen LogP) is 3.70. The molecule has 5 heteroatoms. The fourth-order valence-electron chi connectivity index (χ4n) is 1.68. The number of amides is 1. The Morgan fingerprint density at radius 1 is 1.44 bits per heavy atom. The van der Waals surface area contributed by atoms with Crippen molar-refractivity contribution in [3.05, 3.63) is 28.2 Å². The molecule has 1 aromatic carbocycles. The Balaban J connectivity index is 3.08. The Morgan fingerprint density at radius 3 is 2.61 bits per heavy atom. The number of methoxy groups -OCH3 is 1. The van der Waals surface area contributed by atoms with Crippen molar-refractivity contribution in [3.8, 4) is 5.75 Å². The largest absolute Gasteiger partial charge is 0.496 e. The summed E-state index contributed by atoms with van der Waals surface area (Å²) in [6.45, 7) is 4.69. The molecule has 100 valence electrons. The fraction of sp³-hybridized carbons (Fsp3) is 0.462. The number of halogens is 2. The predicted molar refractivity (Wildman–Crippen MR) is 80.7 cm³/mol. The van der Waals surface area contributed by atoms with Crippen LogP contribution in [0, 0.1) is 0 Å². The maximum atomic E-state index is 12.5. The van der Waals surface area contributed by atoms with Gasteiger partial charge in [0.2, 0.25) is 0 Å². The van der Waals surface area contributed by atoms with Crippen molar-refractivity contribution in [2.24, 2.45) is 0 Å². The minimum atomic E-state index is -0.00574. The quantitative estimate of drug-likeness (QED) is 0.731. The molecule has 1 rings (SSSR count). The third-order valence-corrected chi connectivity index (χ3v) is 3.45. The molecule has 0 radical (unpaired) electrons. The fourth-order valence-corrected chi connectivity index (χ4v) is 2.40. The van der Waals surface area contributed by atoms with Crippen molar-refractivity contribution in [1.82, 2.24) is 4.90 Å². The number of hydrogen-bond donors (Lipinski definition) is 0. The summed E-state index contributed by atoms with van der Waals surface area (Å²) in [5.74, 6) is 0.586. The van der Waals surface area contributed by atoms with E-state index in [1.54, 1.807) is 19.2 Å². The van der Waals surface area contributed by atoms with Crippen LogP contribution in [0.25, 0.3) is 0 Å². The first-order valence-corrected chi connectivity index (χ1v) is 7.63. The Labute approximate surface area is 125 Å². The summed E-state index contributed by atoms with van der Waals surface area (Å²) in [6, 6.07) is 5.60. The summed E-state index contributed by atoms with van der Waals surface area (Å²) in [6.07, 6.45) is 0. The van der Waals surface area contributed by atoms with Gasteiger partial charge in [-0.1, -0.05) is 31.9 Å². The van der Waals surface area contributed by atoms with E-state index in [-0.39, 0.29) is 11.9 Å². The van der Waals surface area contributed by atoms with Gasteiger partial charge in [0.05, 0.1) is 12.7 Å². The highest BCUT2D eigenvalue weighted by Crippen LogP contribution is 2.25. The molecule has 1 amide bonds. The van der Waals surface area contributed by atoms with E-state index in [0.29, 0.717) is 17.9 Å². The summed E-state index contributed by atoms with van der Waals surface area (Å²) in [5.41, 5.74) is 0.593. The van der Waals surface area contributed by atoms with Gasteiger partial charge in [0, 0.05) is 22.4 Å². The normalized spacial score (nSPS) is 10.6. The lowest BCUT2D eigenvalue weighted by atomic mass is 10.1. The number of benzene rings is 1. The zero-order valence-electron chi connectivity index (χ0n) is 10.7. The molecule has 0 saturated heterocycles. The monoisotopic (exact) mass is 377 g/mol. The molecule has 0 fully saturated rings. The van der Waals surface area contributed by atoms with Crippen LogP contribution < -0.4 is 4.74 Å². The second-order valence-corrected chi connectivity index (χ2v) is 5.83. The van der Waals surface area contributed by atoms with Crippen LogP contribution in [-0.2, 0) is 0 Å². The first kappa shape index (κ1) is 15.5. The van der Waals surface area contributed by atoms with E-state index in [9.17, 15) is 4.79 Å². The van der Waals surface area contributed by atoms with E-state index in [1.807, 2.05) is 24.8 Å². The minimum Gasteiger partial charge on any atom is -0.496 e. The average molecular weight is 379 g/mol. The second kappa shape index (κ2) is 7.14. The molecule has 0 N–H and O–H groups in total. The van der Waals surface area contributed by atoms with Crippen LogP contribution in [0.4, 0.5) is 0 Å². The highest BCUT2D eigenvalue weighted by atomic mass is 79.9. The number of nitrogens with zero attached hydrogens (tertiary/aromatic N) is 1. The molecular weight excluding hydrogens is 362 g/mol. The molecule has 0 aliphatic carbocycles. The van der Waals surface area contributed by atoms with Gasteiger partial charge in [-0.05, 0) is 32.0 Å². The number of rotatable bonds is 5. The van der Waals surface area contributed by atoms with E-state index in [4.69, 9.17) is 4.74 Å². The van der Waals surface area contributed by atoms with Crippen LogP contribution in [0.3, 0.4) is 0 Å². The van der Waals surface area contributed by atoms with Crippen molar-refractivity contribution in [1.29, 1.82) is 0 Å². The van der Waals surface area contributed by atoms with Gasteiger partial charge in [0.15, 0.2) is 0 Å². The highest BCUT2D eigenvalue weighted by Gasteiger charge is 2.21. The molecule has 0 atom stereocenters. The number of ether oxygens (including phenoxy) is 1. The molecule has 0 aliphatic rings. The van der Waals surface area contributed by atoms with E-state index in [2.05, 4.69) is 31.9 Å². The van der Waals surface area contributed by atoms with Gasteiger partial charge in [0.1, 0.15) is 5.75 Å². The summed E-state index contributed by atoms with van der Waals surface area (Å²) in [4.78, 5) is 14.3. The van der Waals surface area contributed by atoms with Gasteiger partial charge in [-0.25, -0.2) is 0 Å². The van der Waals surface area contributed by atoms with Crippen molar-refractivity contribution < 1.29 is 9.53 Å². The molecular formula is C13H17Br2NO2. The van der Waals surface area contributed by atoms with Crippen molar-refractivity contribution in [3.63, 3.8) is 0 Å². The molecule has 0 bridgehead atoms. The topological polar surface area (TPSA) is 29.5 Å². The number of alkyl halides is 1. The molecule has 0 aliphatic heterocycles. The van der Waals surface area contributed by atoms with E-state index in [0.717, 1.165) is 9.80 Å². The lowest BCUT2D eigenvalue weighted by molar-refractivity contribution is 0.0716. The van der Waals surface area contributed by atoms with Crippen LogP contribution in [0.2, 0.25) is 0 Å². The lowest BCUT2D eigenvalue weighted by Crippen LogP contribution is -2.38. The van der Waals surface area contributed by atoms with Crippen LogP contribution >= 0.6 is 31.9 Å². The standard InChI is InChI=1S/C13H17Br2NO2/c1-9(2)16(7-6-14)13(17)11-5-4-10(15)8-12(11)18-3/h4-5,8-9H,6-7H2,1-3H3. The molecule has 18 heavy (non-hydrogen) atoms. The molecule has 3 nitrogen and oxygen atoms in total. The van der Waals surface area contributed by atoms with Gasteiger partial charge < -0.3 is 9.64 Å². The maximum Gasteiger partial charge on any atom is 0.257 e. The van der Waals surface area contributed by atoms with E-state index >= 15 is 0 Å². The van der Waals surface area contributed by atoms with Crippen LogP contribution in [0.15, 0.2) is 22.7 Å². The average Bonchev–Trinajstić information content (AvgIpc) is 2.34. The SMILES string of the molecule is COc1cc(Br)ccc1C(=O)N(CCBr)C(C)C. The number of carbonyl (C=O) groups excluding carboxylic acids is 1. The van der Waals surface area contributed by atoms with Gasteiger partial charge in [-0.2, -0.15) is 0 Å². The minimum absolute atomic E-state index is 0.00574. The molecule has 0 spiro atoms. The maximum absolute atomic E-state index is 12.5. The second-order valence-electron chi connectivity index (χ2n) is 4.13. The molecule has 0 heterocycles. The van der Waals surface area contributed by atoms with Crippen LogP contribution in [-0.4, -0.2) is 35.8 Å². The Hall–Kier alpha value is -0.550. The van der Waals surface area contributed by atoms with Crippen LogP contribution in [0.1, 0.15) is 24.2 Å². The van der Waals surface area contributed by atoms with Crippen molar-refractivity contribution in [2.45, 2.75) is 19.9 Å². The number of carbonyl (C=O) groups is 1. The van der Waals surface area contributed by atoms with Gasteiger partial charge in [0.25, 0.3) is 5.91 Å². The summed E-state index contributed by atoms with van der Waals surface area (Å²) in [7, 11) is 1.57. The summed E-state index contributed by atoms with van der Waals surface area (Å²) < 4.78 is 6.16. The third-order valence-electron chi connectivity index (χ3n) is 2.60. The Bertz CT molecular complexity index is 421. The summed E-state index contributed by atoms with van der Waals surface area (Å²) >= 11 is 6.74. The zero-order chi connectivity index (χ0) is 13.7. The smallest absolute Gasteiger partial charge is 0.257 e. The van der Waals surface area contributed by atoms with Crippen LogP contribution in [0.5, 0.6) is 5.75 Å². The molecule has 0 saturated carbocycles. The third kappa shape index (κ3) is 3.72. The summed E-state index contributed by atoms with van der Waals surface area (Å²) in [5, 5.41) is 0.760. The Kier molecular flexibility index (Phi) is 6.15. The lowest BCUT2D eigenvalue weighted by Gasteiger charge is -2.26. The first-order chi connectivity index (χ1) is 8.51. The molecule has 1 aromatic rings. The number of hydrogen-bond acceptors (Lipinski definition) is 2. The van der Waals surface area contributed by atoms with E-state index < -0.39 is 0 Å². The van der Waals surface area contributed by atoms with Gasteiger partial charge in [-0.15, -0.1) is 0 Å². The molecule has 0 unspecified atom stereocenters. The van der Waals surface area contributed by atoms with Crippen molar-refractivity contribution >= 4 is 37.8 Å². The zero-order valence-corrected chi connectivity index (χ0v) is 13.9. The van der Waals surface area contributed by atoms with E-state index in [1.165, 1.54) is 0 Å². The Morgan fingerprint density at radius 2 is 2.11 bits per heavy atom. The van der Waals surface area contributed by atoms with Crippen molar-refractivity contribution in [2.75, 3.05) is 19.0 Å². The van der Waals surface area contributed by atoms with Gasteiger partial charge in [-0.3, -0.25) is 4.79 Å². The van der Waals surface area contributed by atoms with Gasteiger partial charge >= 0.3 is 0 Å². The molecule has 0 aromatic heterocycles. The highest BCUT2D eigenvalue weighted by molar-refractivity contribution is 9.10.